The number of hydrogen-bond acceptors (Lipinski definition) is 6. The molecule has 1 aliphatic rings. The summed E-state index contributed by atoms with van der Waals surface area (Å²) in [6.07, 6.45) is 2.20. The van der Waals surface area contributed by atoms with Crippen LogP contribution in [0.1, 0.15) is 27.3 Å². The molecule has 1 saturated heterocycles. The maximum absolute atomic E-state index is 12.4. The summed E-state index contributed by atoms with van der Waals surface area (Å²) in [4.78, 5) is 12.4. The van der Waals surface area contributed by atoms with Gasteiger partial charge in [0.1, 0.15) is 11.6 Å². The number of aromatic nitrogens is 2. The van der Waals surface area contributed by atoms with Gasteiger partial charge in [-0.25, -0.2) is 0 Å². The van der Waals surface area contributed by atoms with Gasteiger partial charge >= 0.3 is 0 Å². The van der Waals surface area contributed by atoms with Gasteiger partial charge in [0.05, 0.1) is 0 Å². The molecule has 1 unspecified atom stereocenters. The molecule has 0 bridgehead atoms. The van der Waals surface area contributed by atoms with Gasteiger partial charge in [0, 0.05) is 12.7 Å². The van der Waals surface area contributed by atoms with E-state index in [0.29, 0.717) is 23.2 Å². The quantitative estimate of drug-likeness (QED) is 0.819. The summed E-state index contributed by atoms with van der Waals surface area (Å²) >= 11 is 1.32. The second kappa shape index (κ2) is 9.08. The van der Waals surface area contributed by atoms with Gasteiger partial charge in [0.2, 0.25) is 5.13 Å². The molecule has 2 heterocycles. The number of anilines is 1. The minimum absolute atomic E-state index is 0. The van der Waals surface area contributed by atoms with Crippen LogP contribution in [-0.4, -0.2) is 36.3 Å². The van der Waals surface area contributed by atoms with Crippen molar-refractivity contribution in [1.82, 2.24) is 15.5 Å². The summed E-state index contributed by atoms with van der Waals surface area (Å²) in [5.74, 6) is 0.504. The van der Waals surface area contributed by atoms with Crippen molar-refractivity contribution in [3.63, 3.8) is 0 Å². The molecule has 0 spiro atoms. The number of hydrogen-bond donors (Lipinski definition) is 2. The molecule has 8 heteroatoms. The number of carbonyl (C=O) groups is 1. The normalized spacial score (nSPS) is 16.6. The van der Waals surface area contributed by atoms with Crippen molar-refractivity contribution in [2.45, 2.75) is 19.4 Å². The van der Waals surface area contributed by atoms with E-state index in [2.05, 4.69) is 26.9 Å². The number of ether oxygens (including phenoxy) is 1. The van der Waals surface area contributed by atoms with E-state index in [-0.39, 0.29) is 18.3 Å². The van der Waals surface area contributed by atoms with Crippen LogP contribution in [0.15, 0.2) is 24.3 Å². The number of benzene rings is 1. The Balaban J connectivity index is 0.00000208. The summed E-state index contributed by atoms with van der Waals surface area (Å²) in [6, 6.07) is 7.80. The van der Waals surface area contributed by atoms with Gasteiger partial charge in [-0.05, 0) is 49.5 Å². The molecule has 6 nitrogen and oxygen atoms in total. The second-order valence-electron chi connectivity index (χ2n) is 5.65. The first-order valence-electron chi connectivity index (χ1n) is 7.67. The van der Waals surface area contributed by atoms with Crippen LogP contribution in [0.25, 0.3) is 0 Å². The van der Waals surface area contributed by atoms with Crippen LogP contribution in [-0.2, 0) is 17.8 Å². The molecule has 0 radical (unpaired) electrons. The molecule has 0 aliphatic carbocycles. The van der Waals surface area contributed by atoms with E-state index >= 15 is 0 Å². The fraction of sp³-hybridized carbons (Fsp3) is 0.438. The Morgan fingerprint density at radius 2 is 2.33 bits per heavy atom. The molecule has 1 aliphatic heterocycles. The third kappa shape index (κ3) is 4.98. The Hall–Kier alpha value is -1.54. The summed E-state index contributed by atoms with van der Waals surface area (Å²) < 4.78 is 5.00. The zero-order chi connectivity index (χ0) is 16.1. The Morgan fingerprint density at radius 3 is 3.08 bits per heavy atom. The summed E-state index contributed by atoms with van der Waals surface area (Å²) in [7, 11) is 1.60. The molecule has 1 amide bonds. The largest absolute Gasteiger partial charge is 0.377 e. The molecule has 3 rings (SSSR count). The highest BCUT2D eigenvalue weighted by Crippen LogP contribution is 2.19. The van der Waals surface area contributed by atoms with Crippen LogP contribution in [0.5, 0.6) is 0 Å². The Kier molecular flexibility index (Phi) is 7.11. The lowest BCUT2D eigenvalue weighted by Crippen LogP contribution is -2.13. The number of nitrogens with zero attached hydrogens (tertiary/aromatic N) is 2. The average Bonchev–Trinajstić information content (AvgIpc) is 3.20. The number of nitrogens with one attached hydrogen (secondary N) is 2. The highest BCUT2D eigenvalue weighted by molar-refractivity contribution is 7.15. The van der Waals surface area contributed by atoms with Crippen LogP contribution in [0.3, 0.4) is 0 Å². The summed E-state index contributed by atoms with van der Waals surface area (Å²) in [5.41, 5.74) is 1.85. The van der Waals surface area contributed by atoms with E-state index < -0.39 is 0 Å². The third-order valence-electron chi connectivity index (χ3n) is 3.83. The van der Waals surface area contributed by atoms with E-state index in [9.17, 15) is 4.79 Å². The van der Waals surface area contributed by atoms with Crippen molar-refractivity contribution in [1.29, 1.82) is 0 Å². The van der Waals surface area contributed by atoms with E-state index in [1.54, 1.807) is 7.11 Å². The van der Waals surface area contributed by atoms with E-state index in [0.717, 1.165) is 24.5 Å². The van der Waals surface area contributed by atoms with Crippen molar-refractivity contribution in [3.05, 3.63) is 40.4 Å². The highest BCUT2D eigenvalue weighted by Gasteiger charge is 2.16. The van der Waals surface area contributed by atoms with Gasteiger partial charge in [-0.3, -0.25) is 10.1 Å². The van der Waals surface area contributed by atoms with E-state index in [1.165, 1.54) is 23.3 Å². The topological polar surface area (TPSA) is 76.1 Å². The van der Waals surface area contributed by atoms with Crippen LogP contribution >= 0.6 is 23.7 Å². The van der Waals surface area contributed by atoms with Crippen molar-refractivity contribution < 1.29 is 9.53 Å². The Labute approximate surface area is 151 Å². The van der Waals surface area contributed by atoms with Crippen LogP contribution in [0, 0.1) is 5.92 Å². The number of halogens is 1. The number of methoxy groups -OCH3 is 1. The molecule has 24 heavy (non-hydrogen) atoms. The van der Waals surface area contributed by atoms with Crippen molar-refractivity contribution in [3.8, 4) is 0 Å². The SMILES string of the molecule is COCc1nnc(NC(=O)c2cccc(CC3CCNC3)c2)s1.Cl. The summed E-state index contributed by atoms with van der Waals surface area (Å²) in [5, 5.41) is 15.3. The van der Waals surface area contributed by atoms with Crippen molar-refractivity contribution >= 4 is 34.8 Å². The fourth-order valence-electron chi connectivity index (χ4n) is 2.72. The predicted octanol–water partition coefficient (Wildman–Crippen LogP) is 2.51. The smallest absolute Gasteiger partial charge is 0.257 e. The maximum atomic E-state index is 12.4. The first-order valence-corrected chi connectivity index (χ1v) is 8.48. The second-order valence-corrected chi connectivity index (χ2v) is 6.71. The molecule has 1 atom stereocenters. The maximum Gasteiger partial charge on any atom is 0.257 e. The number of carbonyl (C=O) groups excluding carboxylic acids is 1. The van der Waals surface area contributed by atoms with Crippen LogP contribution in [0.2, 0.25) is 0 Å². The lowest BCUT2D eigenvalue weighted by Gasteiger charge is -2.09. The fourth-order valence-corrected chi connectivity index (χ4v) is 3.42. The minimum atomic E-state index is -0.156. The van der Waals surface area contributed by atoms with E-state index in [4.69, 9.17) is 4.74 Å². The number of rotatable bonds is 6. The van der Waals surface area contributed by atoms with E-state index in [1.807, 2.05) is 18.2 Å². The zero-order valence-electron chi connectivity index (χ0n) is 13.4. The summed E-state index contributed by atoms with van der Waals surface area (Å²) in [6.45, 7) is 2.55. The average molecular weight is 369 g/mol. The molecule has 2 N–H and O–H groups in total. The third-order valence-corrected chi connectivity index (χ3v) is 4.64. The zero-order valence-corrected chi connectivity index (χ0v) is 15.1. The standard InChI is InChI=1S/C16H20N4O2S.ClH/c1-22-10-14-19-20-16(23-14)18-15(21)13-4-2-3-11(8-13)7-12-5-6-17-9-12;/h2-4,8,12,17H,5-7,9-10H2,1H3,(H,18,20,21);1H. The number of amides is 1. The molecule has 1 aromatic heterocycles. The molecular formula is C16H21ClN4O2S. The minimum Gasteiger partial charge on any atom is -0.377 e. The molecule has 0 saturated carbocycles. The monoisotopic (exact) mass is 368 g/mol. The molecule has 130 valence electrons. The highest BCUT2D eigenvalue weighted by atomic mass is 35.5. The molecule has 1 aromatic carbocycles. The first-order chi connectivity index (χ1) is 11.2. The predicted molar refractivity (Wildman–Crippen MR) is 96.9 cm³/mol. The van der Waals surface area contributed by atoms with Gasteiger partial charge in [-0.15, -0.1) is 22.6 Å². The van der Waals surface area contributed by atoms with Crippen molar-refractivity contribution in [2.24, 2.45) is 5.92 Å². The first kappa shape index (κ1) is 18.8. The molecule has 2 aromatic rings. The Morgan fingerprint density at radius 1 is 1.46 bits per heavy atom. The van der Waals surface area contributed by atoms with Gasteiger partial charge < -0.3 is 10.1 Å². The van der Waals surface area contributed by atoms with Gasteiger partial charge in [-0.2, -0.15) is 0 Å². The van der Waals surface area contributed by atoms with Gasteiger partial charge in [0.25, 0.3) is 5.91 Å². The van der Waals surface area contributed by atoms with Gasteiger partial charge in [0.15, 0.2) is 0 Å². The van der Waals surface area contributed by atoms with Crippen LogP contribution in [0.4, 0.5) is 5.13 Å². The molecule has 1 fully saturated rings. The Bertz CT molecular complexity index is 674. The van der Waals surface area contributed by atoms with Crippen molar-refractivity contribution in [2.75, 3.05) is 25.5 Å². The van der Waals surface area contributed by atoms with Gasteiger partial charge in [-0.1, -0.05) is 23.5 Å². The lowest BCUT2D eigenvalue weighted by atomic mass is 9.97. The lowest BCUT2D eigenvalue weighted by molar-refractivity contribution is 0.102. The molecular weight excluding hydrogens is 348 g/mol. The van der Waals surface area contributed by atoms with Crippen LogP contribution < -0.4 is 10.6 Å².